The minimum atomic E-state index is -0.613. The predicted octanol–water partition coefficient (Wildman–Crippen LogP) is 5.36. The zero-order chi connectivity index (χ0) is 31.0. The molecule has 1 atom stereocenters. The molecule has 2 aromatic heterocycles. The number of aryl methyl sites for hydroxylation is 1. The van der Waals surface area contributed by atoms with E-state index in [2.05, 4.69) is 45.1 Å². The number of fused-ring (bicyclic) bond motifs is 3. The van der Waals surface area contributed by atoms with Crippen LogP contribution in [0.5, 0.6) is 0 Å². The molecule has 0 radical (unpaired) electrons. The highest BCUT2D eigenvalue weighted by atomic mass is 35.5. The van der Waals surface area contributed by atoms with E-state index in [1.54, 1.807) is 9.80 Å². The highest BCUT2D eigenvalue weighted by Gasteiger charge is 2.31. The van der Waals surface area contributed by atoms with Gasteiger partial charge in [-0.3, -0.25) is 19.7 Å². The Balaban J connectivity index is 1.15. The van der Waals surface area contributed by atoms with Crippen LogP contribution in [0.3, 0.4) is 0 Å². The summed E-state index contributed by atoms with van der Waals surface area (Å²) in [6, 6.07) is 20.1. The van der Waals surface area contributed by atoms with Gasteiger partial charge in [-0.2, -0.15) is 0 Å². The lowest BCUT2D eigenvalue weighted by Gasteiger charge is -2.40. The Bertz CT molecular complexity index is 1920. The van der Waals surface area contributed by atoms with E-state index in [0.717, 1.165) is 27.5 Å². The summed E-state index contributed by atoms with van der Waals surface area (Å²) >= 11 is 7.13. The summed E-state index contributed by atoms with van der Waals surface area (Å²) in [4.78, 5) is 45.2. The van der Waals surface area contributed by atoms with Crippen molar-refractivity contribution in [3.63, 3.8) is 0 Å². The number of nitro groups is 1. The fourth-order valence-electron chi connectivity index (χ4n) is 5.50. The molecule has 0 N–H and O–H groups in total. The van der Waals surface area contributed by atoms with Gasteiger partial charge in [-0.05, 0) is 43.7 Å². The minimum absolute atomic E-state index is 0.0291. The van der Waals surface area contributed by atoms with Crippen LogP contribution in [0.2, 0.25) is 5.02 Å². The lowest BCUT2D eigenvalue weighted by atomic mass is 10.1. The molecule has 1 fully saturated rings. The van der Waals surface area contributed by atoms with Gasteiger partial charge in [0.1, 0.15) is 10.5 Å². The molecule has 0 saturated carbocycles. The van der Waals surface area contributed by atoms with Gasteiger partial charge in [0, 0.05) is 49.2 Å². The monoisotopic (exact) mass is 629 g/mol. The van der Waals surface area contributed by atoms with E-state index < -0.39 is 4.92 Å². The number of aromatic nitrogens is 4. The van der Waals surface area contributed by atoms with E-state index in [-0.39, 0.29) is 39.9 Å². The summed E-state index contributed by atoms with van der Waals surface area (Å²) in [6.07, 6.45) is 0. The summed E-state index contributed by atoms with van der Waals surface area (Å²) in [7, 11) is 0. The first-order chi connectivity index (χ1) is 21.2. The number of hydrogen-bond acceptors (Lipinski definition) is 8. The molecule has 6 rings (SSSR count). The molecule has 1 saturated heterocycles. The van der Waals surface area contributed by atoms with Gasteiger partial charge in [-0.1, -0.05) is 65.3 Å². The fourth-order valence-corrected chi connectivity index (χ4v) is 6.37. The molecule has 1 unspecified atom stereocenters. The van der Waals surface area contributed by atoms with Crippen LogP contribution >= 0.6 is 23.4 Å². The highest BCUT2D eigenvalue weighted by molar-refractivity contribution is 7.99. The molecule has 224 valence electrons. The number of amides is 2. The molecule has 0 bridgehead atoms. The molecule has 11 nitrogen and oxygen atoms in total. The van der Waals surface area contributed by atoms with Gasteiger partial charge in [0.15, 0.2) is 5.65 Å². The number of piperazine rings is 1. The zero-order valence-electron chi connectivity index (χ0n) is 24.0. The van der Waals surface area contributed by atoms with Crippen LogP contribution in [-0.4, -0.2) is 77.7 Å². The topological polar surface area (TPSA) is 127 Å². The van der Waals surface area contributed by atoms with Crippen LogP contribution in [0.25, 0.3) is 22.1 Å². The molecule has 3 aromatic carbocycles. The van der Waals surface area contributed by atoms with E-state index >= 15 is 0 Å². The average molecular weight is 630 g/mol. The summed E-state index contributed by atoms with van der Waals surface area (Å²) in [5.74, 6) is -0.317. The Labute approximate surface area is 262 Å². The molecule has 5 aromatic rings. The van der Waals surface area contributed by atoms with Gasteiger partial charge in [0.05, 0.1) is 16.2 Å². The summed E-state index contributed by atoms with van der Waals surface area (Å²) in [6.45, 7) is 5.49. The lowest BCUT2D eigenvalue weighted by Crippen LogP contribution is -2.55. The molecule has 1 aliphatic heterocycles. The number of nitrogens with zero attached hydrogens (tertiary/aromatic N) is 7. The molecule has 0 spiro atoms. The summed E-state index contributed by atoms with van der Waals surface area (Å²) < 4.78 is 2.13. The number of hydrogen-bond donors (Lipinski definition) is 0. The third-order valence-corrected chi connectivity index (χ3v) is 8.88. The first kappa shape index (κ1) is 29.5. The normalized spacial score (nSPS) is 15.2. The molecular weight excluding hydrogens is 602 g/mol. The van der Waals surface area contributed by atoms with E-state index in [1.807, 2.05) is 32.0 Å². The summed E-state index contributed by atoms with van der Waals surface area (Å²) in [5.41, 5.74) is 4.57. The van der Waals surface area contributed by atoms with Crippen molar-refractivity contribution in [3.05, 3.63) is 98.6 Å². The van der Waals surface area contributed by atoms with Crippen LogP contribution in [0.15, 0.2) is 71.9 Å². The van der Waals surface area contributed by atoms with E-state index in [0.29, 0.717) is 37.0 Å². The second kappa shape index (κ2) is 12.2. The molecular formula is C31H28ClN7O4S. The maximum atomic E-state index is 13.2. The van der Waals surface area contributed by atoms with E-state index in [4.69, 9.17) is 16.6 Å². The van der Waals surface area contributed by atoms with Crippen molar-refractivity contribution in [2.75, 3.05) is 25.4 Å². The molecule has 3 heterocycles. The largest absolute Gasteiger partial charge is 0.338 e. The number of halogens is 1. The van der Waals surface area contributed by atoms with Crippen molar-refractivity contribution < 1.29 is 14.5 Å². The third-order valence-electron chi connectivity index (χ3n) is 7.74. The van der Waals surface area contributed by atoms with Crippen LogP contribution in [-0.2, 0) is 11.3 Å². The van der Waals surface area contributed by atoms with Gasteiger partial charge in [-0.15, -0.1) is 10.2 Å². The van der Waals surface area contributed by atoms with E-state index in [1.165, 1.54) is 30.0 Å². The Kier molecular flexibility index (Phi) is 8.19. The number of carbonyl (C=O) groups is 2. The van der Waals surface area contributed by atoms with Gasteiger partial charge in [0.25, 0.3) is 11.6 Å². The van der Waals surface area contributed by atoms with Crippen molar-refractivity contribution in [1.29, 1.82) is 0 Å². The molecule has 1 aliphatic rings. The molecule has 0 aliphatic carbocycles. The van der Waals surface area contributed by atoms with E-state index in [9.17, 15) is 19.7 Å². The lowest BCUT2D eigenvalue weighted by molar-refractivity contribution is -0.384. The highest BCUT2D eigenvalue weighted by Crippen LogP contribution is 2.30. The number of thioether (sulfide) groups is 1. The number of nitro benzene ring substituents is 1. The molecule has 2 amide bonds. The van der Waals surface area contributed by atoms with Crippen LogP contribution in [0.4, 0.5) is 5.69 Å². The second-order valence-electron chi connectivity index (χ2n) is 10.8. The minimum Gasteiger partial charge on any atom is -0.338 e. The van der Waals surface area contributed by atoms with Crippen LogP contribution in [0.1, 0.15) is 28.4 Å². The Hall–Kier alpha value is -4.55. The second-order valence-corrected chi connectivity index (χ2v) is 12.1. The van der Waals surface area contributed by atoms with Crippen molar-refractivity contribution in [2.45, 2.75) is 31.6 Å². The Morgan fingerprint density at radius 1 is 1.07 bits per heavy atom. The smallest absolute Gasteiger partial charge is 0.288 e. The average Bonchev–Trinajstić information content (AvgIpc) is 3.31. The SMILES string of the molecule is Cc1ccc2c(c1)c1nnc(SCC(=O)N3CCN(C(=O)c4ccc(Cl)c([N+](=O)[O-])c4)C(C)C3)nc1n2Cc1ccccc1. The zero-order valence-corrected chi connectivity index (χ0v) is 25.6. The van der Waals surface area contributed by atoms with Crippen LogP contribution in [0, 0.1) is 17.0 Å². The van der Waals surface area contributed by atoms with Gasteiger partial charge < -0.3 is 14.4 Å². The van der Waals surface area contributed by atoms with Crippen molar-refractivity contribution in [2.24, 2.45) is 0 Å². The summed E-state index contributed by atoms with van der Waals surface area (Å²) in [5, 5.41) is 21.5. The predicted molar refractivity (Wildman–Crippen MR) is 169 cm³/mol. The number of rotatable bonds is 7. The molecule has 13 heteroatoms. The Morgan fingerprint density at radius 2 is 1.86 bits per heavy atom. The number of benzene rings is 3. The maximum Gasteiger partial charge on any atom is 0.288 e. The standard InChI is InChI=1S/C31H28ClN7O4S/c1-19-8-11-25-23(14-19)28-29(38(25)17-21-6-4-3-5-7-21)33-31(35-34-28)44-18-27(40)36-12-13-37(20(2)16-36)30(41)22-9-10-24(32)26(15-22)39(42)43/h3-11,14-15,20H,12-13,16-18H2,1-2H3. The van der Waals surface area contributed by atoms with Gasteiger partial charge >= 0.3 is 0 Å². The third kappa shape index (κ3) is 5.82. The first-order valence-corrected chi connectivity index (χ1v) is 15.4. The number of carbonyl (C=O) groups excluding carboxylic acids is 2. The van der Waals surface area contributed by atoms with Crippen molar-refractivity contribution in [3.8, 4) is 0 Å². The van der Waals surface area contributed by atoms with Gasteiger partial charge in [-0.25, -0.2) is 4.98 Å². The van der Waals surface area contributed by atoms with Crippen molar-refractivity contribution in [1.82, 2.24) is 29.5 Å². The first-order valence-electron chi connectivity index (χ1n) is 14.0. The molecule has 44 heavy (non-hydrogen) atoms. The van der Waals surface area contributed by atoms with Crippen LogP contribution < -0.4 is 0 Å². The Morgan fingerprint density at radius 3 is 2.61 bits per heavy atom. The van der Waals surface area contributed by atoms with Gasteiger partial charge in [0.2, 0.25) is 11.1 Å². The quantitative estimate of drug-likeness (QED) is 0.134. The fraction of sp³-hybridized carbons (Fsp3) is 0.258. The maximum absolute atomic E-state index is 13.2. The van der Waals surface area contributed by atoms with Crippen molar-refractivity contribution >= 4 is 62.9 Å².